The van der Waals surface area contributed by atoms with Crippen LogP contribution in [0.3, 0.4) is 0 Å². The smallest absolute Gasteiger partial charge is 0.402 e. The molecule has 270 valence electrons. The Morgan fingerprint density at radius 1 is 0.755 bits per heavy atom. The highest BCUT2D eigenvalue weighted by molar-refractivity contribution is 6.11. The number of halogens is 2. The zero-order valence-electron chi connectivity index (χ0n) is 30.9. The van der Waals surface area contributed by atoms with Gasteiger partial charge >= 0.3 is 6.11 Å². The molecule has 1 saturated carbocycles. The lowest BCUT2D eigenvalue weighted by molar-refractivity contribution is -0.159. The molecular formula is C46H42F2O5. The van der Waals surface area contributed by atoms with Gasteiger partial charge in [0, 0.05) is 38.4 Å². The summed E-state index contributed by atoms with van der Waals surface area (Å²) in [5.74, 6) is 2.42. The van der Waals surface area contributed by atoms with Crippen LogP contribution in [0.2, 0.25) is 0 Å². The normalized spacial score (nSPS) is 21.7. The molecule has 0 amide bonds. The lowest BCUT2D eigenvalue weighted by Gasteiger charge is -2.47. The third kappa shape index (κ3) is 4.85. The Balaban J connectivity index is 1.42. The van der Waals surface area contributed by atoms with Gasteiger partial charge in [-0.25, -0.2) is 0 Å². The predicted molar refractivity (Wildman–Crippen MR) is 204 cm³/mol. The molecule has 0 bridgehead atoms. The van der Waals surface area contributed by atoms with Crippen LogP contribution in [-0.4, -0.2) is 27.4 Å². The van der Waals surface area contributed by atoms with Crippen LogP contribution >= 0.6 is 0 Å². The van der Waals surface area contributed by atoms with Crippen LogP contribution in [0.15, 0.2) is 96.6 Å². The van der Waals surface area contributed by atoms with E-state index in [4.69, 9.17) is 23.7 Å². The first-order valence-corrected chi connectivity index (χ1v) is 18.2. The Labute approximate surface area is 308 Å². The molecule has 0 radical (unpaired) electrons. The van der Waals surface area contributed by atoms with E-state index in [0.717, 1.165) is 69.5 Å². The molecule has 53 heavy (non-hydrogen) atoms. The zero-order chi connectivity index (χ0) is 36.9. The van der Waals surface area contributed by atoms with Gasteiger partial charge in [-0.1, -0.05) is 80.1 Å². The van der Waals surface area contributed by atoms with Crippen molar-refractivity contribution in [3.63, 3.8) is 0 Å². The fourth-order valence-corrected chi connectivity index (χ4v) is 9.92. The van der Waals surface area contributed by atoms with Crippen LogP contribution in [-0.2, 0) is 17.4 Å². The summed E-state index contributed by atoms with van der Waals surface area (Å²) >= 11 is 0. The lowest BCUT2D eigenvalue weighted by Crippen LogP contribution is -2.39. The van der Waals surface area contributed by atoms with Crippen molar-refractivity contribution in [1.82, 2.24) is 0 Å². The SMILES string of the molecule is C/C=C1\CC(C)(C)CC2(C1)c1ccccc1-c1c2c2c(c3cc(OC)c4c(c13)CC(F)(F)O4)OC(c1ccc(OC)cc1)(c1ccc(OC)cc1)C=C2. The van der Waals surface area contributed by atoms with Crippen molar-refractivity contribution in [2.45, 2.75) is 63.6 Å². The fraction of sp³-hybridized carbons (Fsp3) is 0.304. The quantitative estimate of drug-likeness (QED) is 0.170. The monoisotopic (exact) mass is 712 g/mol. The van der Waals surface area contributed by atoms with Crippen LogP contribution in [0.25, 0.3) is 28.0 Å². The van der Waals surface area contributed by atoms with Gasteiger partial charge in [-0.15, -0.1) is 0 Å². The van der Waals surface area contributed by atoms with Crippen molar-refractivity contribution in [3.8, 4) is 39.9 Å². The maximum absolute atomic E-state index is 15.5. The van der Waals surface area contributed by atoms with E-state index in [2.05, 4.69) is 63.3 Å². The third-order valence-electron chi connectivity index (χ3n) is 11.9. The molecule has 2 aliphatic carbocycles. The Bertz CT molecular complexity index is 2320. The summed E-state index contributed by atoms with van der Waals surface area (Å²) in [4.78, 5) is 0. The number of alkyl halides is 2. The van der Waals surface area contributed by atoms with Crippen molar-refractivity contribution in [2.75, 3.05) is 21.3 Å². The zero-order valence-corrected chi connectivity index (χ0v) is 30.9. The predicted octanol–water partition coefficient (Wildman–Crippen LogP) is 11.2. The van der Waals surface area contributed by atoms with E-state index in [1.54, 1.807) is 14.2 Å². The molecule has 5 nitrogen and oxygen atoms in total. The van der Waals surface area contributed by atoms with E-state index < -0.39 is 23.5 Å². The second kappa shape index (κ2) is 11.6. The highest BCUT2D eigenvalue weighted by Crippen LogP contribution is 2.66. The van der Waals surface area contributed by atoms with Gasteiger partial charge in [-0.2, -0.15) is 8.78 Å². The van der Waals surface area contributed by atoms with E-state index >= 15 is 8.78 Å². The summed E-state index contributed by atoms with van der Waals surface area (Å²) in [5.41, 5.74) is 7.44. The number of benzene rings is 5. The molecule has 2 heterocycles. The molecule has 2 aliphatic heterocycles. The first-order chi connectivity index (χ1) is 25.5. The average molecular weight is 713 g/mol. The van der Waals surface area contributed by atoms with Crippen LogP contribution in [0.1, 0.15) is 73.4 Å². The van der Waals surface area contributed by atoms with Gasteiger partial charge in [0.15, 0.2) is 17.1 Å². The third-order valence-corrected chi connectivity index (χ3v) is 11.9. The highest BCUT2D eigenvalue weighted by Gasteiger charge is 2.54. The summed E-state index contributed by atoms with van der Waals surface area (Å²) in [5, 5.41) is 1.44. The van der Waals surface area contributed by atoms with Gasteiger partial charge in [0.05, 0.1) is 27.8 Å². The minimum atomic E-state index is -3.38. The molecule has 0 N–H and O–H groups in total. The van der Waals surface area contributed by atoms with Gasteiger partial charge < -0.3 is 23.7 Å². The van der Waals surface area contributed by atoms with Gasteiger partial charge in [0.1, 0.15) is 17.2 Å². The molecule has 5 aromatic carbocycles. The molecular weight excluding hydrogens is 670 g/mol. The standard InChI is InChI=1S/C46H42F2O5/c1-7-27-23-43(2,3)26-44(24-27)36-11-9-8-10-32(36)39-38-34(22-37(51-6)42-35(38)25-46(47,48)53-42)41-33(40(39)44)20-21-45(52-41,28-12-16-30(49-4)17-13-28)29-14-18-31(50-5)19-15-29/h7-22H,23-26H2,1-6H3/b27-7+. The Morgan fingerprint density at radius 3 is 2.04 bits per heavy atom. The van der Waals surface area contributed by atoms with Gasteiger partial charge in [0.2, 0.25) is 0 Å². The number of methoxy groups -OCH3 is 3. The minimum Gasteiger partial charge on any atom is -0.497 e. The molecule has 1 atom stereocenters. The molecule has 1 spiro atoms. The van der Waals surface area contributed by atoms with E-state index in [-0.39, 0.29) is 16.9 Å². The average Bonchev–Trinajstić information content (AvgIpc) is 3.64. The largest absolute Gasteiger partial charge is 0.497 e. The number of allylic oxidation sites excluding steroid dienone is 2. The van der Waals surface area contributed by atoms with Crippen molar-refractivity contribution in [2.24, 2.45) is 5.41 Å². The Kier molecular flexibility index (Phi) is 7.34. The molecule has 5 aromatic rings. The number of hydrogen-bond acceptors (Lipinski definition) is 5. The van der Waals surface area contributed by atoms with E-state index in [0.29, 0.717) is 16.7 Å². The number of hydrogen-bond donors (Lipinski definition) is 0. The van der Waals surface area contributed by atoms with Gasteiger partial charge in [-0.3, -0.25) is 0 Å². The summed E-state index contributed by atoms with van der Waals surface area (Å²) in [6.07, 6.45) is 5.38. The molecule has 4 aliphatic rings. The molecule has 7 heteroatoms. The second-order valence-electron chi connectivity index (χ2n) is 15.6. The number of rotatable bonds is 5. The topological polar surface area (TPSA) is 46.2 Å². The van der Waals surface area contributed by atoms with E-state index in [9.17, 15) is 0 Å². The van der Waals surface area contributed by atoms with Crippen molar-refractivity contribution >= 4 is 16.8 Å². The first-order valence-electron chi connectivity index (χ1n) is 18.2. The van der Waals surface area contributed by atoms with E-state index in [1.165, 1.54) is 18.2 Å². The molecule has 1 unspecified atom stereocenters. The summed E-state index contributed by atoms with van der Waals surface area (Å²) in [6, 6.07) is 26.2. The molecule has 0 aromatic heterocycles. The summed E-state index contributed by atoms with van der Waals surface area (Å²) in [6.45, 7) is 6.81. The van der Waals surface area contributed by atoms with Crippen LogP contribution in [0.4, 0.5) is 8.78 Å². The Morgan fingerprint density at radius 2 is 1.42 bits per heavy atom. The maximum atomic E-state index is 15.5. The van der Waals surface area contributed by atoms with Crippen molar-refractivity contribution < 1.29 is 32.5 Å². The van der Waals surface area contributed by atoms with Crippen LogP contribution in [0.5, 0.6) is 28.7 Å². The summed E-state index contributed by atoms with van der Waals surface area (Å²) in [7, 11) is 4.79. The lowest BCUT2D eigenvalue weighted by atomic mass is 9.57. The fourth-order valence-electron chi connectivity index (χ4n) is 9.92. The first kappa shape index (κ1) is 33.5. The maximum Gasteiger partial charge on any atom is 0.402 e. The van der Waals surface area contributed by atoms with Crippen LogP contribution in [0, 0.1) is 5.41 Å². The summed E-state index contributed by atoms with van der Waals surface area (Å²) < 4.78 is 60.8. The molecule has 1 fully saturated rings. The van der Waals surface area contributed by atoms with Crippen molar-refractivity contribution in [1.29, 1.82) is 0 Å². The van der Waals surface area contributed by atoms with Crippen molar-refractivity contribution in [3.05, 3.63) is 130 Å². The van der Waals surface area contributed by atoms with Gasteiger partial charge in [-0.05, 0) is 90.3 Å². The minimum absolute atomic E-state index is 0.0240. The molecule has 0 saturated heterocycles. The number of fused-ring (bicyclic) bond motifs is 12. The van der Waals surface area contributed by atoms with Crippen LogP contribution < -0.4 is 23.7 Å². The van der Waals surface area contributed by atoms with Gasteiger partial charge in [0.25, 0.3) is 0 Å². The number of ether oxygens (including phenoxy) is 5. The highest BCUT2D eigenvalue weighted by atomic mass is 19.3. The Hall–Kier alpha value is -5.30. The van der Waals surface area contributed by atoms with E-state index in [1.807, 2.05) is 54.6 Å². The molecule has 9 rings (SSSR count). The second-order valence-corrected chi connectivity index (χ2v) is 15.6.